The molecule has 3 rings (SSSR count). The predicted molar refractivity (Wildman–Crippen MR) is 45.3 cm³/mol. The van der Waals surface area contributed by atoms with Crippen molar-refractivity contribution < 1.29 is 18.7 Å². The summed E-state index contributed by atoms with van der Waals surface area (Å²) in [6, 6.07) is -1.27. The predicted octanol–water partition coefficient (Wildman–Crippen LogP) is 1.19. The smallest absolute Gasteiger partial charge is 0.321 e. The van der Waals surface area contributed by atoms with Gasteiger partial charge in [0, 0.05) is 18.4 Å². The zero-order valence-corrected chi connectivity index (χ0v) is 7.91. The van der Waals surface area contributed by atoms with Crippen LogP contribution in [-0.2, 0) is 4.79 Å². The molecule has 3 fully saturated rings. The lowest BCUT2D eigenvalue weighted by molar-refractivity contribution is -0.192. The molecule has 14 heavy (non-hydrogen) atoms. The van der Waals surface area contributed by atoms with E-state index in [1.807, 2.05) is 0 Å². The van der Waals surface area contributed by atoms with Crippen LogP contribution >= 0.6 is 0 Å². The molecule has 2 aliphatic heterocycles. The summed E-state index contributed by atoms with van der Waals surface area (Å²) < 4.78 is 26.8. The van der Waals surface area contributed by atoms with Crippen LogP contribution < -0.4 is 0 Å². The highest BCUT2D eigenvalue weighted by molar-refractivity contribution is 5.74. The van der Waals surface area contributed by atoms with E-state index < -0.39 is 23.9 Å². The zero-order chi connectivity index (χ0) is 10.5. The fourth-order valence-corrected chi connectivity index (χ4v) is 2.74. The van der Waals surface area contributed by atoms with E-state index in [1.165, 1.54) is 0 Å². The molecule has 0 spiro atoms. The van der Waals surface area contributed by atoms with Crippen LogP contribution in [0.25, 0.3) is 0 Å². The second kappa shape index (κ2) is 2.89. The number of likely N-dealkylation sites (N-methyl/N-ethyl adjacent to an activating group) is 1. The van der Waals surface area contributed by atoms with Gasteiger partial charge >= 0.3 is 5.97 Å². The highest BCUT2D eigenvalue weighted by Gasteiger charge is 2.58. The van der Waals surface area contributed by atoms with Crippen molar-refractivity contribution in [3.05, 3.63) is 0 Å². The van der Waals surface area contributed by atoms with E-state index in [0.29, 0.717) is 12.8 Å². The molecule has 2 heterocycles. The molecule has 2 saturated heterocycles. The maximum atomic E-state index is 13.4. The number of carboxylic acids is 1. The molecule has 0 aromatic carbocycles. The fraction of sp³-hybridized carbons (Fsp3) is 0.889. The van der Waals surface area contributed by atoms with E-state index >= 15 is 0 Å². The minimum Gasteiger partial charge on any atom is -0.480 e. The van der Waals surface area contributed by atoms with Gasteiger partial charge in [-0.05, 0) is 19.9 Å². The Kier molecular flexibility index (Phi) is 2.03. The van der Waals surface area contributed by atoms with Crippen LogP contribution in [0.5, 0.6) is 0 Å². The minimum absolute atomic E-state index is 0.183. The Bertz CT molecular complexity index is 270. The van der Waals surface area contributed by atoms with Crippen molar-refractivity contribution >= 4 is 5.97 Å². The van der Waals surface area contributed by atoms with E-state index in [-0.39, 0.29) is 12.5 Å². The molecule has 3 unspecified atom stereocenters. The molecule has 3 aliphatic rings. The van der Waals surface area contributed by atoms with Gasteiger partial charge in [0.15, 0.2) is 0 Å². The molecule has 0 amide bonds. The average molecular weight is 205 g/mol. The normalized spacial score (nSPS) is 41.2. The second-order valence-corrected chi connectivity index (χ2v) is 4.25. The lowest BCUT2D eigenvalue weighted by Crippen LogP contribution is -2.63. The van der Waals surface area contributed by atoms with Gasteiger partial charge in [0.1, 0.15) is 6.04 Å². The van der Waals surface area contributed by atoms with Crippen molar-refractivity contribution in [2.75, 3.05) is 7.05 Å². The van der Waals surface area contributed by atoms with Gasteiger partial charge in [-0.15, -0.1) is 0 Å². The van der Waals surface area contributed by atoms with Gasteiger partial charge in [0.05, 0.1) is 0 Å². The fourth-order valence-electron chi connectivity index (χ4n) is 2.74. The summed E-state index contributed by atoms with van der Waals surface area (Å²) in [6.07, 6.45) is 0.845. The molecule has 5 heteroatoms. The van der Waals surface area contributed by atoms with Gasteiger partial charge in [0.2, 0.25) is 0 Å². The van der Waals surface area contributed by atoms with Gasteiger partial charge in [-0.1, -0.05) is 0 Å². The number of fused-ring (bicyclic) bond motifs is 3. The SMILES string of the molecule is CN1C2CCC(C1C(=O)O)C(F)(F)C2. The van der Waals surface area contributed by atoms with Crippen molar-refractivity contribution in [2.24, 2.45) is 5.92 Å². The number of halogens is 2. The lowest BCUT2D eigenvalue weighted by Gasteiger charge is -2.51. The first-order valence-corrected chi connectivity index (χ1v) is 4.76. The van der Waals surface area contributed by atoms with Crippen LogP contribution in [-0.4, -0.2) is 41.0 Å². The molecular weight excluding hydrogens is 192 g/mol. The van der Waals surface area contributed by atoms with Crippen molar-refractivity contribution in [3.63, 3.8) is 0 Å². The third-order valence-electron chi connectivity index (χ3n) is 3.51. The second-order valence-electron chi connectivity index (χ2n) is 4.25. The summed E-state index contributed by atoms with van der Waals surface area (Å²) in [4.78, 5) is 12.5. The Morgan fingerprint density at radius 3 is 2.57 bits per heavy atom. The number of carboxylic acid groups (broad SMARTS) is 1. The van der Waals surface area contributed by atoms with Gasteiger partial charge in [0.25, 0.3) is 5.92 Å². The van der Waals surface area contributed by atoms with Crippen LogP contribution in [0.4, 0.5) is 8.78 Å². The van der Waals surface area contributed by atoms with Crippen molar-refractivity contribution in [3.8, 4) is 0 Å². The van der Waals surface area contributed by atoms with Crippen molar-refractivity contribution in [2.45, 2.75) is 37.3 Å². The number of nitrogens with zero attached hydrogens (tertiary/aromatic N) is 1. The number of aliphatic carboxylic acids is 1. The average Bonchev–Trinajstić information content (AvgIpc) is 2.05. The van der Waals surface area contributed by atoms with E-state index in [2.05, 4.69) is 0 Å². The molecule has 1 saturated carbocycles. The Balaban J connectivity index is 2.30. The van der Waals surface area contributed by atoms with Gasteiger partial charge in [-0.3, -0.25) is 9.69 Å². The maximum absolute atomic E-state index is 13.4. The first kappa shape index (κ1) is 9.83. The number of rotatable bonds is 1. The van der Waals surface area contributed by atoms with E-state index in [1.54, 1.807) is 11.9 Å². The molecule has 3 atom stereocenters. The third kappa shape index (κ3) is 1.22. The van der Waals surface area contributed by atoms with Gasteiger partial charge < -0.3 is 5.11 Å². The van der Waals surface area contributed by atoms with E-state index in [4.69, 9.17) is 5.11 Å². The highest BCUT2D eigenvalue weighted by Crippen LogP contribution is 2.48. The van der Waals surface area contributed by atoms with E-state index in [9.17, 15) is 13.6 Å². The molecule has 0 aromatic rings. The standard InChI is InChI=1S/C9H13F2NO2/c1-12-5-2-3-6(7(12)8(13)14)9(10,11)4-5/h5-7H,2-4H2,1H3,(H,13,14). The monoisotopic (exact) mass is 205 g/mol. The first-order chi connectivity index (χ1) is 6.43. The highest BCUT2D eigenvalue weighted by atomic mass is 19.3. The van der Waals surface area contributed by atoms with E-state index in [0.717, 1.165) is 0 Å². The molecule has 1 N–H and O–H groups in total. The Morgan fingerprint density at radius 2 is 2.14 bits per heavy atom. The molecular formula is C9H13F2NO2. The van der Waals surface area contributed by atoms with Crippen molar-refractivity contribution in [1.29, 1.82) is 0 Å². The number of alkyl halides is 2. The molecule has 3 nitrogen and oxygen atoms in total. The lowest BCUT2D eigenvalue weighted by atomic mass is 9.72. The zero-order valence-electron chi connectivity index (χ0n) is 7.91. The number of hydrogen-bond donors (Lipinski definition) is 1. The maximum Gasteiger partial charge on any atom is 0.321 e. The summed E-state index contributed by atoms with van der Waals surface area (Å²) >= 11 is 0. The molecule has 80 valence electrons. The largest absolute Gasteiger partial charge is 0.480 e. The Morgan fingerprint density at radius 1 is 1.50 bits per heavy atom. The van der Waals surface area contributed by atoms with Crippen LogP contribution in [0.3, 0.4) is 0 Å². The Hall–Kier alpha value is -0.710. The van der Waals surface area contributed by atoms with Crippen LogP contribution in [0.15, 0.2) is 0 Å². The quantitative estimate of drug-likeness (QED) is 0.699. The Labute approximate surface area is 80.7 Å². The summed E-state index contributed by atoms with van der Waals surface area (Å²) in [7, 11) is 1.63. The van der Waals surface area contributed by atoms with Crippen molar-refractivity contribution in [1.82, 2.24) is 4.90 Å². The third-order valence-corrected chi connectivity index (χ3v) is 3.51. The van der Waals surface area contributed by atoms with Gasteiger partial charge in [-0.2, -0.15) is 0 Å². The number of hydrogen-bond acceptors (Lipinski definition) is 2. The molecule has 0 radical (unpaired) electrons. The molecule has 1 aliphatic carbocycles. The van der Waals surface area contributed by atoms with Crippen LogP contribution in [0, 0.1) is 5.92 Å². The molecule has 2 bridgehead atoms. The number of carbonyl (C=O) groups is 1. The molecule has 0 aromatic heterocycles. The summed E-state index contributed by atoms with van der Waals surface area (Å²) in [6.45, 7) is 0. The summed E-state index contributed by atoms with van der Waals surface area (Å²) in [5.41, 5.74) is 0. The van der Waals surface area contributed by atoms with Crippen LogP contribution in [0.2, 0.25) is 0 Å². The summed E-state index contributed by atoms with van der Waals surface area (Å²) in [5, 5.41) is 8.89. The minimum atomic E-state index is -2.79. The van der Waals surface area contributed by atoms with Crippen LogP contribution in [0.1, 0.15) is 19.3 Å². The number of piperidine rings is 2. The summed E-state index contributed by atoms with van der Waals surface area (Å²) in [5.74, 6) is -4.92. The van der Waals surface area contributed by atoms with Gasteiger partial charge in [-0.25, -0.2) is 8.78 Å². The first-order valence-electron chi connectivity index (χ1n) is 4.76. The topological polar surface area (TPSA) is 40.5 Å².